The Bertz CT molecular complexity index is 474. The molecule has 4 nitrogen and oxygen atoms in total. The molecule has 0 heterocycles. The molecule has 2 unspecified atom stereocenters. The van der Waals surface area contributed by atoms with E-state index < -0.39 is 17.5 Å². The molecule has 3 aliphatic carbocycles. The molecule has 0 amide bonds. The number of carboxylic acid groups (broad SMARTS) is 1. The van der Waals surface area contributed by atoms with E-state index >= 15 is 0 Å². The Morgan fingerprint density at radius 3 is 2.08 bits per heavy atom. The van der Waals surface area contributed by atoms with Gasteiger partial charge in [0.25, 0.3) is 0 Å². The molecule has 0 aromatic rings. The van der Waals surface area contributed by atoms with E-state index in [1.165, 1.54) is 32.1 Å². The molecule has 0 aromatic heterocycles. The summed E-state index contributed by atoms with van der Waals surface area (Å²) in [6.07, 6.45) is 13.3. The number of carbonyl (C=O) groups is 1. The van der Waals surface area contributed by atoms with Crippen molar-refractivity contribution >= 4 is 5.97 Å². The largest absolute Gasteiger partial charge is 0.481 e. The number of aliphatic hydroxyl groups excluding tert-OH is 2. The third kappa shape index (κ3) is 3.25. The quantitative estimate of drug-likeness (QED) is 0.436. The van der Waals surface area contributed by atoms with Crippen LogP contribution in [0.1, 0.15) is 90.4 Å². The van der Waals surface area contributed by atoms with Crippen molar-refractivity contribution in [3.63, 3.8) is 0 Å². The van der Waals surface area contributed by atoms with Crippen LogP contribution in [0.15, 0.2) is 0 Å². The normalized spacial score (nSPS) is 26.7. The van der Waals surface area contributed by atoms with Crippen molar-refractivity contribution in [2.75, 3.05) is 6.61 Å². The molecule has 0 bridgehead atoms. The third-order valence-corrected chi connectivity index (χ3v) is 7.77. The summed E-state index contributed by atoms with van der Waals surface area (Å²) in [6, 6.07) is 0. The van der Waals surface area contributed by atoms with Crippen LogP contribution >= 0.6 is 0 Å². The number of aliphatic hydroxyl groups is 2. The van der Waals surface area contributed by atoms with Crippen molar-refractivity contribution in [1.29, 1.82) is 0 Å². The summed E-state index contributed by atoms with van der Waals surface area (Å²) >= 11 is 0. The van der Waals surface area contributed by atoms with Crippen molar-refractivity contribution < 1.29 is 20.1 Å². The SMILES string of the molecule is CCCCCCCC(CC(O)CO)C1(C2(C3(C(=O)O)CC3)CC2)CC1. The average molecular weight is 353 g/mol. The van der Waals surface area contributed by atoms with Gasteiger partial charge in [0.2, 0.25) is 0 Å². The van der Waals surface area contributed by atoms with Crippen molar-refractivity contribution in [3.05, 3.63) is 0 Å². The van der Waals surface area contributed by atoms with Crippen LogP contribution < -0.4 is 0 Å². The molecule has 3 N–H and O–H groups in total. The second-order valence-electron chi connectivity index (χ2n) is 9.10. The molecule has 2 atom stereocenters. The highest BCUT2D eigenvalue weighted by Crippen LogP contribution is 2.85. The van der Waals surface area contributed by atoms with Gasteiger partial charge >= 0.3 is 5.97 Å². The zero-order valence-electron chi connectivity index (χ0n) is 15.8. The predicted molar refractivity (Wildman–Crippen MR) is 97.2 cm³/mol. The summed E-state index contributed by atoms with van der Waals surface area (Å²) in [5, 5.41) is 29.3. The van der Waals surface area contributed by atoms with Gasteiger partial charge in [-0.25, -0.2) is 0 Å². The maximum absolute atomic E-state index is 12.0. The molecule has 3 rings (SSSR count). The fraction of sp³-hybridized carbons (Fsp3) is 0.952. The lowest BCUT2D eigenvalue weighted by Crippen LogP contribution is -2.39. The van der Waals surface area contributed by atoms with Crippen LogP contribution in [-0.4, -0.2) is 34.0 Å². The number of hydrogen-bond acceptors (Lipinski definition) is 3. The molecule has 3 aliphatic rings. The Morgan fingerprint density at radius 1 is 1.00 bits per heavy atom. The molecule has 3 saturated carbocycles. The van der Waals surface area contributed by atoms with Gasteiger partial charge in [-0.3, -0.25) is 4.79 Å². The summed E-state index contributed by atoms with van der Waals surface area (Å²) in [5.74, 6) is -0.212. The Morgan fingerprint density at radius 2 is 1.64 bits per heavy atom. The van der Waals surface area contributed by atoms with Crippen LogP contribution in [0, 0.1) is 22.2 Å². The van der Waals surface area contributed by atoms with Crippen molar-refractivity contribution in [2.24, 2.45) is 22.2 Å². The van der Waals surface area contributed by atoms with Crippen molar-refractivity contribution in [1.82, 2.24) is 0 Å². The zero-order valence-corrected chi connectivity index (χ0v) is 15.8. The van der Waals surface area contributed by atoms with Crippen molar-refractivity contribution in [3.8, 4) is 0 Å². The molecule has 4 heteroatoms. The Kier molecular flexibility index (Phi) is 5.51. The van der Waals surface area contributed by atoms with Gasteiger partial charge in [-0.1, -0.05) is 39.0 Å². The van der Waals surface area contributed by atoms with Crippen LogP contribution in [0.2, 0.25) is 0 Å². The number of aliphatic carboxylic acids is 1. The lowest BCUT2D eigenvalue weighted by atomic mass is 9.64. The smallest absolute Gasteiger partial charge is 0.310 e. The van der Waals surface area contributed by atoms with Gasteiger partial charge in [0.1, 0.15) is 0 Å². The molecule has 144 valence electrons. The van der Waals surface area contributed by atoms with E-state index in [-0.39, 0.29) is 17.4 Å². The monoisotopic (exact) mass is 352 g/mol. The maximum atomic E-state index is 12.0. The van der Waals surface area contributed by atoms with Gasteiger partial charge in [-0.2, -0.15) is 0 Å². The highest BCUT2D eigenvalue weighted by molar-refractivity contribution is 5.80. The second kappa shape index (κ2) is 7.19. The summed E-state index contributed by atoms with van der Waals surface area (Å²) in [5.41, 5.74) is -0.341. The topological polar surface area (TPSA) is 77.8 Å². The predicted octanol–water partition coefficient (Wildman–Crippen LogP) is 4.13. The lowest BCUT2D eigenvalue weighted by Gasteiger charge is -2.39. The van der Waals surface area contributed by atoms with E-state index in [2.05, 4.69) is 6.92 Å². The first-order chi connectivity index (χ1) is 12.0. The van der Waals surface area contributed by atoms with Crippen LogP contribution in [0.3, 0.4) is 0 Å². The van der Waals surface area contributed by atoms with Gasteiger partial charge in [0, 0.05) is 0 Å². The third-order valence-electron chi connectivity index (χ3n) is 7.77. The van der Waals surface area contributed by atoms with Gasteiger partial charge in [0.05, 0.1) is 18.1 Å². The van der Waals surface area contributed by atoms with Crippen LogP contribution in [0.4, 0.5) is 0 Å². The number of rotatable bonds is 13. The van der Waals surface area contributed by atoms with E-state index in [1.807, 2.05) is 0 Å². The molecular weight excluding hydrogens is 316 g/mol. The minimum Gasteiger partial charge on any atom is -0.481 e. The van der Waals surface area contributed by atoms with Crippen molar-refractivity contribution in [2.45, 2.75) is 96.5 Å². The molecule has 0 aliphatic heterocycles. The van der Waals surface area contributed by atoms with Gasteiger partial charge in [0.15, 0.2) is 0 Å². The summed E-state index contributed by atoms with van der Waals surface area (Å²) < 4.78 is 0. The van der Waals surface area contributed by atoms with Gasteiger partial charge in [-0.15, -0.1) is 0 Å². The molecule has 0 saturated heterocycles. The Balaban J connectivity index is 1.70. The Hall–Kier alpha value is -0.610. The number of hydrogen-bond donors (Lipinski definition) is 3. The first-order valence-corrected chi connectivity index (χ1v) is 10.5. The maximum Gasteiger partial charge on any atom is 0.310 e. The second-order valence-corrected chi connectivity index (χ2v) is 9.10. The Labute approximate surface area is 152 Å². The minimum absolute atomic E-state index is 0.00487. The standard InChI is InChI=1S/C21H36O4/c1-2-3-4-5-6-7-16(14-17(23)15-22)19(8-9-19)21(12-13-21)20(10-11-20)18(24)25/h16-17,22-23H,2-15H2,1H3,(H,24,25). The zero-order chi connectivity index (χ0) is 18.1. The van der Waals surface area contributed by atoms with Gasteiger partial charge in [-0.05, 0) is 68.1 Å². The lowest BCUT2D eigenvalue weighted by molar-refractivity contribution is -0.149. The van der Waals surface area contributed by atoms with Crippen LogP contribution in [0.25, 0.3) is 0 Å². The first kappa shape index (κ1) is 19.2. The van der Waals surface area contributed by atoms with Crippen LogP contribution in [0.5, 0.6) is 0 Å². The summed E-state index contributed by atoms with van der Waals surface area (Å²) in [7, 11) is 0. The average Bonchev–Trinajstić information content (AvgIpc) is 3.46. The van der Waals surface area contributed by atoms with Crippen LogP contribution in [-0.2, 0) is 4.79 Å². The van der Waals surface area contributed by atoms with Gasteiger partial charge < -0.3 is 15.3 Å². The molecular formula is C21H36O4. The van der Waals surface area contributed by atoms with E-state index in [0.29, 0.717) is 12.3 Å². The number of carboxylic acids is 1. The molecule has 0 aromatic carbocycles. The van der Waals surface area contributed by atoms with E-state index in [4.69, 9.17) is 0 Å². The molecule has 0 spiro atoms. The van der Waals surface area contributed by atoms with E-state index in [1.54, 1.807) is 0 Å². The minimum atomic E-state index is -0.658. The summed E-state index contributed by atoms with van der Waals surface area (Å²) in [4.78, 5) is 12.0. The van der Waals surface area contributed by atoms with E-state index in [0.717, 1.165) is 44.9 Å². The number of unbranched alkanes of at least 4 members (excludes halogenated alkanes) is 4. The highest BCUT2D eigenvalue weighted by atomic mass is 16.4. The fourth-order valence-electron chi connectivity index (χ4n) is 6.03. The molecule has 25 heavy (non-hydrogen) atoms. The molecule has 3 fully saturated rings. The van der Waals surface area contributed by atoms with E-state index in [9.17, 15) is 20.1 Å². The fourth-order valence-corrected chi connectivity index (χ4v) is 6.03. The first-order valence-electron chi connectivity index (χ1n) is 10.5. The highest BCUT2D eigenvalue weighted by Gasteiger charge is 2.80. The molecule has 0 radical (unpaired) electrons. The summed E-state index contributed by atoms with van der Waals surface area (Å²) in [6.45, 7) is 2.04.